The summed E-state index contributed by atoms with van der Waals surface area (Å²) < 4.78 is 5.46. The number of fused-ring (bicyclic) bond motifs is 1. The zero-order valence-corrected chi connectivity index (χ0v) is 15.7. The molecule has 7 nitrogen and oxygen atoms in total. The Morgan fingerprint density at radius 2 is 2.15 bits per heavy atom. The van der Waals surface area contributed by atoms with Crippen LogP contribution in [0.2, 0.25) is 0 Å². The van der Waals surface area contributed by atoms with Crippen molar-refractivity contribution in [2.24, 2.45) is 0 Å². The molecule has 0 aliphatic carbocycles. The summed E-state index contributed by atoms with van der Waals surface area (Å²) in [5.41, 5.74) is 2.16. The van der Waals surface area contributed by atoms with Gasteiger partial charge in [-0.3, -0.25) is 9.69 Å². The number of aryl methyl sites for hydroxylation is 1. The third-order valence-electron chi connectivity index (χ3n) is 5.01. The fourth-order valence-corrected chi connectivity index (χ4v) is 3.56. The minimum Gasteiger partial charge on any atom is -0.337 e. The Balaban J connectivity index is 0.00000196. The monoisotopic (exact) mass is 377 g/mol. The Morgan fingerprint density at radius 3 is 3.00 bits per heavy atom. The maximum Gasteiger partial charge on any atom is 0.246 e. The minimum absolute atomic E-state index is 0. The van der Waals surface area contributed by atoms with E-state index in [2.05, 4.69) is 33.5 Å². The van der Waals surface area contributed by atoms with Gasteiger partial charge in [0.1, 0.15) is 6.54 Å². The highest BCUT2D eigenvalue weighted by Crippen LogP contribution is 2.28. The highest BCUT2D eigenvalue weighted by atomic mass is 35.5. The molecule has 1 N–H and O–H groups in total. The van der Waals surface area contributed by atoms with Gasteiger partial charge in [-0.1, -0.05) is 23.4 Å². The Bertz CT molecular complexity index is 766. The molecule has 0 bridgehead atoms. The lowest BCUT2D eigenvalue weighted by molar-refractivity contribution is -0.118. The molecule has 0 spiro atoms. The fraction of sp³-hybridized carbons (Fsp3) is 0.500. The lowest BCUT2D eigenvalue weighted by Gasteiger charge is -2.30. The average molecular weight is 378 g/mol. The van der Waals surface area contributed by atoms with E-state index < -0.39 is 0 Å². The van der Waals surface area contributed by atoms with Crippen LogP contribution in [-0.2, 0) is 17.8 Å². The molecule has 2 aromatic rings. The number of para-hydroxylation sites is 1. The van der Waals surface area contributed by atoms with Gasteiger partial charge in [-0.05, 0) is 31.5 Å². The standard InChI is InChI=1S/C18H23N5O2.ClH/c1-22-10-9-19-11-15(22)18-20-16(25-21-18)12-23-14-7-3-2-5-13(14)6-4-8-17(23)24;/h2-3,5,7,15,19H,4,6,8-12H2,1H3;1H. The van der Waals surface area contributed by atoms with Gasteiger partial charge in [0.05, 0.1) is 6.04 Å². The molecule has 1 fully saturated rings. The second kappa shape index (κ2) is 8.16. The first-order chi connectivity index (χ1) is 12.2. The van der Waals surface area contributed by atoms with Crippen LogP contribution in [0.4, 0.5) is 5.69 Å². The number of likely N-dealkylation sites (N-methyl/N-ethyl adjacent to an activating group) is 1. The van der Waals surface area contributed by atoms with Crippen molar-refractivity contribution in [2.45, 2.75) is 31.8 Å². The van der Waals surface area contributed by atoms with Gasteiger partial charge in [-0.15, -0.1) is 12.4 Å². The summed E-state index contributed by atoms with van der Waals surface area (Å²) in [5.74, 6) is 1.28. The van der Waals surface area contributed by atoms with E-state index in [0.29, 0.717) is 24.7 Å². The molecule has 1 amide bonds. The molecule has 2 aliphatic heterocycles. The van der Waals surface area contributed by atoms with E-state index in [0.717, 1.165) is 38.2 Å². The van der Waals surface area contributed by atoms with Gasteiger partial charge in [-0.25, -0.2) is 0 Å². The van der Waals surface area contributed by atoms with E-state index in [4.69, 9.17) is 4.52 Å². The predicted molar refractivity (Wildman–Crippen MR) is 100 cm³/mol. The number of nitrogens with zero attached hydrogens (tertiary/aromatic N) is 4. The van der Waals surface area contributed by atoms with Crippen molar-refractivity contribution in [3.05, 3.63) is 41.5 Å². The molecule has 1 aromatic carbocycles. The highest BCUT2D eigenvalue weighted by molar-refractivity contribution is 5.94. The number of hydrogen-bond donors (Lipinski definition) is 1. The second-order valence-electron chi connectivity index (χ2n) is 6.71. The molecule has 1 saturated heterocycles. The zero-order chi connectivity index (χ0) is 17.2. The molecule has 4 rings (SSSR count). The van der Waals surface area contributed by atoms with Gasteiger partial charge in [-0.2, -0.15) is 4.98 Å². The summed E-state index contributed by atoms with van der Waals surface area (Å²) in [6.45, 7) is 3.05. The van der Waals surface area contributed by atoms with Crippen molar-refractivity contribution in [3.8, 4) is 0 Å². The van der Waals surface area contributed by atoms with Crippen molar-refractivity contribution >= 4 is 24.0 Å². The van der Waals surface area contributed by atoms with Crippen LogP contribution in [0.1, 0.15) is 36.2 Å². The summed E-state index contributed by atoms with van der Waals surface area (Å²) in [7, 11) is 2.07. The van der Waals surface area contributed by atoms with E-state index in [-0.39, 0.29) is 24.4 Å². The number of nitrogens with one attached hydrogen (secondary N) is 1. The Morgan fingerprint density at radius 1 is 1.31 bits per heavy atom. The molecule has 140 valence electrons. The smallest absolute Gasteiger partial charge is 0.246 e. The number of carbonyl (C=O) groups excluding carboxylic acids is 1. The largest absolute Gasteiger partial charge is 0.337 e. The van der Waals surface area contributed by atoms with Crippen LogP contribution in [0.15, 0.2) is 28.8 Å². The first kappa shape index (κ1) is 18.8. The number of anilines is 1. The highest BCUT2D eigenvalue weighted by Gasteiger charge is 2.27. The van der Waals surface area contributed by atoms with Crippen LogP contribution >= 0.6 is 12.4 Å². The first-order valence-corrected chi connectivity index (χ1v) is 8.84. The van der Waals surface area contributed by atoms with Crippen LogP contribution in [0.25, 0.3) is 0 Å². The number of rotatable bonds is 3. The Kier molecular flexibility index (Phi) is 5.90. The van der Waals surface area contributed by atoms with Crippen molar-refractivity contribution in [1.29, 1.82) is 0 Å². The van der Waals surface area contributed by atoms with E-state index in [1.165, 1.54) is 5.56 Å². The lowest BCUT2D eigenvalue weighted by atomic mass is 10.1. The third kappa shape index (κ3) is 3.75. The molecule has 0 saturated carbocycles. The molecular weight excluding hydrogens is 354 g/mol. The van der Waals surface area contributed by atoms with E-state index in [1.807, 2.05) is 18.2 Å². The minimum atomic E-state index is 0. The van der Waals surface area contributed by atoms with Crippen molar-refractivity contribution in [2.75, 3.05) is 31.6 Å². The Hall–Kier alpha value is -1.96. The van der Waals surface area contributed by atoms with E-state index in [1.54, 1.807) is 4.90 Å². The summed E-state index contributed by atoms with van der Waals surface area (Å²) in [5, 5.41) is 7.51. The van der Waals surface area contributed by atoms with Crippen LogP contribution in [0.3, 0.4) is 0 Å². The first-order valence-electron chi connectivity index (χ1n) is 8.84. The SMILES string of the molecule is CN1CCNCC1c1noc(CN2C(=O)CCCc3ccccc32)n1.Cl. The molecule has 1 unspecified atom stereocenters. The van der Waals surface area contributed by atoms with Crippen LogP contribution in [0.5, 0.6) is 0 Å². The molecule has 26 heavy (non-hydrogen) atoms. The number of benzene rings is 1. The summed E-state index contributed by atoms with van der Waals surface area (Å²) in [6, 6.07) is 8.17. The number of piperazine rings is 1. The molecule has 1 atom stereocenters. The number of hydrogen-bond acceptors (Lipinski definition) is 6. The summed E-state index contributed by atoms with van der Waals surface area (Å²) >= 11 is 0. The van der Waals surface area contributed by atoms with Crippen molar-refractivity contribution in [1.82, 2.24) is 20.4 Å². The fourth-order valence-electron chi connectivity index (χ4n) is 3.56. The van der Waals surface area contributed by atoms with E-state index >= 15 is 0 Å². The van der Waals surface area contributed by atoms with Crippen LogP contribution < -0.4 is 10.2 Å². The van der Waals surface area contributed by atoms with E-state index in [9.17, 15) is 4.79 Å². The maximum atomic E-state index is 12.6. The maximum absolute atomic E-state index is 12.6. The molecule has 0 radical (unpaired) electrons. The number of carbonyl (C=O) groups is 1. The second-order valence-corrected chi connectivity index (χ2v) is 6.71. The zero-order valence-electron chi connectivity index (χ0n) is 14.9. The molecule has 3 heterocycles. The third-order valence-corrected chi connectivity index (χ3v) is 5.01. The van der Waals surface area contributed by atoms with Crippen LogP contribution in [0, 0.1) is 0 Å². The van der Waals surface area contributed by atoms with Gasteiger partial charge in [0.25, 0.3) is 0 Å². The number of aromatic nitrogens is 2. The topological polar surface area (TPSA) is 74.5 Å². The van der Waals surface area contributed by atoms with Crippen LogP contribution in [-0.4, -0.2) is 47.6 Å². The lowest BCUT2D eigenvalue weighted by Crippen LogP contribution is -2.44. The quantitative estimate of drug-likeness (QED) is 0.881. The number of halogens is 1. The Labute approximate surface area is 159 Å². The number of amides is 1. The molecule has 8 heteroatoms. The molecule has 2 aliphatic rings. The van der Waals surface area contributed by atoms with Crippen molar-refractivity contribution in [3.63, 3.8) is 0 Å². The predicted octanol–water partition coefficient (Wildman–Crippen LogP) is 1.94. The summed E-state index contributed by atoms with van der Waals surface area (Å²) in [6.07, 6.45) is 2.34. The van der Waals surface area contributed by atoms with Gasteiger partial charge in [0.15, 0.2) is 5.82 Å². The average Bonchev–Trinajstić information content (AvgIpc) is 3.02. The molecule has 1 aromatic heterocycles. The molecular formula is C18H24ClN5O2. The normalized spacial score (nSPS) is 21.0. The van der Waals surface area contributed by atoms with Gasteiger partial charge < -0.3 is 14.7 Å². The van der Waals surface area contributed by atoms with Gasteiger partial charge in [0, 0.05) is 31.7 Å². The van der Waals surface area contributed by atoms with Crippen molar-refractivity contribution < 1.29 is 9.32 Å². The van der Waals surface area contributed by atoms with Gasteiger partial charge >= 0.3 is 0 Å². The van der Waals surface area contributed by atoms with Gasteiger partial charge in [0.2, 0.25) is 11.8 Å². The summed E-state index contributed by atoms with van der Waals surface area (Å²) in [4.78, 5) is 21.1.